The minimum atomic E-state index is -0.486. The van der Waals surface area contributed by atoms with E-state index in [0.29, 0.717) is 17.0 Å². The molecule has 17 heavy (non-hydrogen) atoms. The molecular weight excluding hydrogens is 305 g/mol. The van der Waals surface area contributed by atoms with Gasteiger partial charge in [-0.3, -0.25) is 4.79 Å². The number of methoxy groups -OCH3 is 1. The van der Waals surface area contributed by atoms with Crippen molar-refractivity contribution in [3.63, 3.8) is 0 Å². The molecule has 1 unspecified atom stereocenters. The van der Waals surface area contributed by atoms with Crippen LogP contribution < -0.4 is 0 Å². The maximum atomic E-state index is 11.7. The SMILES string of the molecule is COC(=O)C(CCC#N)c1ccc(Br)cc1Cl. The highest BCUT2D eigenvalue weighted by Gasteiger charge is 2.23. The molecule has 1 aromatic rings. The van der Waals surface area contributed by atoms with E-state index in [1.54, 1.807) is 12.1 Å². The third-order valence-electron chi connectivity index (χ3n) is 2.37. The predicted molar refractivity (Wildman–Crippen MR) is 68.8 cm³/mol. The van der Waals surface area contributed by atoms with Crippen LogP contribution in [0.25, 0.3) is 0 Å². The van der Waals surface area contributed by atoms with Gasteiger partial charge in [0.2, 0.25) is 0 Å². The number of hydrogen-bond donors (Lipinski definition) is 0. The molecule has 0 saturated carbocycles. The van der Waals surface area contributed by atoms with Crippen molar-refractivity contribution in [3.05, 3.63) is 33.3 Å². The maximum Gasteiger partial charge on any atom is 0.313 e. The molecule has 0 radical (unpaired) electrons. The van der Waals surface area contributed by atoms with E-state index in [2.05, 4.69) is 15.9 Å². The number of rotatable bonds is 4. The van der Waals surface area contributed by atoms with Gasteiger partial charge >= 0.3 is 5.97 Å². The van der Waals surface area contributed by atoms with Crippen LogP contribution in [0.5, 0.6) is 0 Å². The van der Waals surface area contributed by atoms with Crippen LogP contribution in [0.3, 0.4) is 0 Å². The number of esters is 1. The molecule has 0 aromatic heterocycles. The molecule has 0 amide bonds. The second-order valence-electron chi connectivity index (χ2n) is 3.44. The second kappa shape index (κ2) is 6.63. The molecule has 0 saturated heterocycles. The van der Waals surface area contributed by atoms with Crippen LogP contribution in [0.4, 0.5) is 0 Å². The number of ether oxygens (including phenoxy) is 1. The molecule has 0 N–H and O–H groups in total. The Morgan fingerprint density at radius 3 is 2.88 bits per heavy atom. The summed E-state index contributed by atoms with van der Waals surface area (Å²) in [5, 5.41) is 9.08. The molecule has 0 aliphatic heterocycles. The molecule has 0 fully saturated rings. The summed E-state index contributed by atoms with van der Waals surface area (Å²) >= 11 is 9.38. The van der Waals surface area contributed by atoms with Gasteiger partial charge < -0.3 is 4.74 Å². The van der Waals surface area contributed by atoms with Crippen molar-refractivity contribution in [2.45, 2.75) is 18.8 Å². The lowest BCUT2D eigenvalue weighted by Gasteiger charge is -2.15. The van der Waals surface area contributed by atoms with Crippen molar-refractivity contribution < 1.29 is 9.53 Å². The van der Waals surface area contributed by atoms with Crippen molar-refractivity contribution >= 4 is 33.5 Å². The molecule has 0 heterocycles. The topological polar surface area (TPSA) is 50.1 Å². The number of nitrogens with zero attached hydrogens (tertiary/aromatic N) is 1. The van der Waals surface area contributed by atoms with E-state index in [0.717, 1.165) is 4.47 Å². The average molecular weight is 317 g/mol. The van der Waals surface area contributed by atoms with Crippen molar-refractivity contribution in [1.29, 1.82) is 5.26 Å². The van der Waals surface area contributed by atoms with Gasteiger partial charge in [-0.05, 0) is 24.1 Å². The highest BCUT2D eigenvalue weighted by molar-refractivity contribution is 9.10. The Morgan fingerprint density at radius 1 is 1.65 bits per heavy atom. The Kier molecular flexibility index (Phi) is 5.46. The van der Waals surface area contributed by atoms with Crippen LogP contribution in [0, 0.1) is 11.3 Å². The number of hydrogen-bond acceptors (Lipinski definition) is 3. The Labute approximate surface area is 113 Å². The van der Waals surface area contributed by atoms with Crippen molar-refractivity contribution in [2.75, 3.05) is 7.11 Å². The van der Waals surface area contributed by atoms with Gasteiger partial charge in [-0.1, -0.05) is 33.6 Å². The first-order valence-electron chi connectivity index (χ1n) is 5.00. The van der Waals surface area contributed by atoms with E-state index in [1.165, 1.54) is 7.11 Å². The van der Waals surface area contributed by atoms with Crippen molar-refractivity contribution in [1.82, 2.24) is 0 Å². The summed E-state index contributed by atoms with van der Waals surface area (Å²) in [6.45, 7) is 0. The van der Waals surface area contributed by atoms with E-state index in [9.17, 15) is 4.79 Å². The fourth-order valence-corrected chi connectivity index (χ4v) is 2.34. The zero-order valence-corrected chi connectivity index (χ0v) is 11.6. The number of benzene rings is 1. The lowest BCUT2D eigenvalue weighted by molar-refractivity contribution is -0.142. The van der Waals surface area contributed by atoms with Crippen LogP contribution in [-0.4, -0.2) is 13.1 Å². The summed E-state index contributed by atoms with van der Waals surface area (Å²) in [4.78, 5) is 11.7. The Balaban J connectivity index is 3.04. The van der Waals surface area contributed by atoms with Crippen LogP contribution >= 0.6 is 27.5 Å². The van der Waals surface area contributed by atoms with Crippen molar-refractivity contribution in [2.24, 2.45) is 0 Å². The summed E-state index contributed by atoms with van der Waals surface area (Å²) in [5.41, 5.74) is 0.692. The van der Waals surface area contributed by atoms with E-state index in [1.807, 2.05) is 12.1 Å². The zero-order valence-electron chi connectivity index (χ0n) is 9.24. The number of halogens is 2. The molecule has 0 aliphatic rings. The summed E-state index contributed by atoms with van der Waals surface area (Å²) in [5.74, 6) is -0.857. The smallest absolute Gasteiger partial charge is 0.313 e. The monoisotopic (exact) mass is 315 g/mol. The quantitative estimate of drug-likeness (QED) is 0.796. The van der Waals surface area contributed by atoms with E-state index >= 15 is 0 Å². The first-order chi connectivity index (χ1) is 8.10. The number of nitriles is 1. The van der Waals surface area contributed by atoms with E-state index < -0.39 is 5.92 Å². The summed E-state index contributed by atoms with van der Waals surface area (Å²) in [6, 6.07) is 7.32. The molecule has 90 valence electrons. The Morgan fingerprint density at radius 2 is 2.35 bits per heavy atom. The molecule has 0 spiro atoms. The molecule has 1 atom stereocenters. The second-order valence-corrected chi connectivity index (χ2v) is 4.76. The van der Waals surface area contributed by atoms with Gasteiger partial charge in [-0.15, -0.1) is 0 Å². The fourth-order valence-electron chi connectivity index (χ4n) is 1.54. The highest BCUT2D eigenvalue weighted by atomic mass is 79.9. The fraction of sp³-hybridized carbons (Fsp3) is 0.333. The molecular formula is C12H11BrClNO2. The highest BCUT2D eigenvalue weighted by Crippen LogP contribution is 2.31. The minimum absolute atomic E-state index is 0.284. The lowest BCUT2D eigenvalue weighted by Crippen LogP contribution is -2.14. The maximum absolute atomic E-state index is 11.7. The van der Waals surface area contributed by atoms with Gasteiger partial charge in [0.15, 0.2) is 0 Å². The van der Waals surface area contributed by atoms with Gasteiger partial charge in [0.05, 0.1) is 19.1 Å². The van der Waals surface area contributed by atoms with Crippen molar-refractivity contribution in [3.8, 4) is 6.07 Å². The molecule has 5 heteroatoms. The molecule has 0 aliphatic carbocycles. The molecule has 1 aromatic carbocycles. The standard InChI is InChI=1S/C12H11BrClNO2/c1-17-12(16)10(3-2-6-15)9-5-4-8(13)7-11(9)14/h4-5,7,10H,2-3H2,1H3. The van der Waals surface area contributed by atoms with Crippen LogP contribution in [0.1, 0.15) is 24.3 Å². The van der Waals surface area contributed by atoms with Gasteiger partial charge in [0, 0.05) is 15.9 Å². The summed E-state index contributed by atoms with van der Waals surface area (Å²) in [7, 11) is 1.33. The summed E-state index contributed by atoms with van der Waals surface area (Å²) in [6.07, 6.45) is 0.691. The van der Waals surface area contributed by atoms with Gasteiger partial charge in [-0.2, -0.15) is 5.26 Å². The first kappa shape index (κ1) is 14.0. The first-order valence-corrected chi connectivity index (χ1v) is 6.17. The van der Waals surface area contributed by atoms with Gasteiger partial charge in [0.25, 0.3) is 0 Å². The van der Waals surface area contributed by atoms with E-state index in [4.69, 9.17) is 21.6 Å². The third-order valence-corrected chi connectivity index (χ3v) is 3.19. The molecule has 3 nitrogen and oxygen atoms in total. The Bertz CT molecular complexity index is 456. The minimum Gasteiger partial charge on any atom is -0.469 e. The number of carbonyl (C=O) groups is 1. The Hall–Kier alpha value is -1.05. The molecule has 0 bridgehead atoms. The predicted octanol–water partition coefficient (Wildman–Crippen LogP) is 3.66. The van der Waals surface area contributed by atoms with Crippen LogP contribution in [0.2, 0.25) is 5.02 Å². The lowest BCUT2D eigenvalue weighted by atomic mass is 9.94. The van der Waals surface area contributed by atoms with Crippen LogP contribution in [-0.2, 0) is 9.53 Å². The molecule has 1 rings (SSSR count). The van der Waals surface area contributed by atoms with Gasteiger partial charge in [-0.25, -0.2) is 0 Å². The number of carbonyl (C=O) groups excluding carboxylic acids is 1. The summed E-state index contributed by atoms with van der Waals surface area (Å²) < 4.78 is 5.57. The van der Waals surface area contributed by atoms with Crippen LogP contribution in [0.15, 0.2) is 22.7 Å². The third kappa shape index (κ3) is 3.72. The van der Waals surface area contributed by atoms with Gasteiger partial charge in [0.1, 0.15) is 0 Å². The average Bonchev–Trinajstić information content (AvgIpc) is 2.31. The zero-order chi connectivity index (χ0) is 12.8. The van der Waals surface area contributed by atoms with E-state index in [-0.39, 0.29) is 12.4 Å². The normalized spacial score (nSPS) is 11.6. The largest absolute Gasteiger partial charge is 0.469 e.